The van der Waals surface area contributed by atoms with Crippen molar-refractivity contribution in [1.29, 1.82) is 0 Å². The first kappa shape index (κ1) is 18.3. The second-order valence-electron chi connectivity index (χ2n) is 6.42. The molecule has 146 valence electrons. The minimum Gasteiger partial charge on any atom is -0.394 e. The molecule has 28 heavy (non-hydrogen) atoms. The van der Waals surface area contributed by atoms with Crippen LogP contribution in [0.4, 0.5) is 5.95 Å². The van der Waals surface area contributed by atoms with Gasteiger partial charge in [0, 0.05) is 6.20 Å². The predicted octanol–water partition coefficient (Wildman–Crippen LogP) is -0.585. The molecular weight excluding hydrogens is 366 g/mol. The van der Waals surface area contributed by atoms with Crippen molar-refractivity contribution >= 4 is 29.4 Å². The van der Waals surface area contributed by atoms with Crippen LogP contribution in [0.5, 0.6) is 0 Å². The van der Waals surface area contributed by atoms with Crippen molar-refractivity contribution in [2.24, 2.45) is 0 Å². The molecule has 3 aromatic rings. The number of aliphatic hydroxyl groups is 3. The molecular formula is C18H19N5O5. The van der Waals surface area contributed by atoms with Gasteiger partial charge in [0.15, 0.2) is 17.4 Å². The smallest absolute Gasteiger partial charge is 0.287 e. The van der Waals surface area contributed by atoms with Crippen LogP contribution in [0.2, 0.25) is 0 Å². The van der Waals surface area contributed by atoms with Crippen molar-refractivity contribution in [3.8, 4) is 0 Å². The van der Waals surface area contributed by atoms with Crippen LogP contribution in [-0.2, 0) is 4.74 Å². The number of rotatable bonds is 4. The van der Waals surface area contributed by atoms with Gasteiger partial charge in [0.05, 0.1) is 12.9 Å². The zero-order chi connectivity index (χ0) is 19.8. The maximum Gasteiger partial charge on any atom is 0.287 e. The fourth-order valence-electron chi connectivity index (χ4n) is 3.16. The number of nitrogens with two attached hydrogens (primary N) is 1. The van der Waals surface area contributed by atoms with Gasteiger partial charge >= 0.3 is 0 Å². The Morgan fingerprint density at radius 1 is 1.21 bits per heavy atom. The van der Waals surface area contributed by atoms with Gasteiger partial charge in [-0.3, -0.25) is 13.9 Å². The van der Waals surface area contributed by atoms with E-state index in [4.69, 9.17) is 10.5 Å². The third-order valence-corrected chi connectivity index (χ3v) is 4.66. The Bertz CT molecular complexity index is 1080. The van der Waals surface area contributed by atoms with Gasteiger partial charge in [-0.2, -0.15) is 4.98 Å². The van der Waals surface area contributed by atoms with E-state index in [-0.39, 0.29) is 17.1 Å². The monoisotopic (exact) mass is 385 g/mol. The van der Waals surface area contributed by atoms with Gasteiger partial charge in [-0.15, -0.1) is 0 Å². The molecule has 0 unspecified atom stereocenters. The molecule has 5 N–H and O–H groups in total. The van der Waals surface area contributed by atoms with E-state index in [1.54, 1.807) is 6.08 Å². The molecule has 1 saturated heterocycles. The highest BCUT2D eigenvalue weighted by atomic mass is 16.6. The van der Waals surface area contributed by atoms with E-state index in [2.05, 4.69) is 9.97 Å². The van der Waals surface area contributed by atoms with Crippen LogP contribution in [0.3, 0.4) is 0 Å². The lowest BCUT2D eigenvalue weighted by atomic mass is 10.1. The number of fused-ring (bicyclic) bond motifs is 1. The first-order chi connectivity index (χ1) is 13.5. The summed E-state index contributed by atoms with van der Waals surface area (Å²) in [5.41, 5.74) is 6.50. The minimum absolute atomic E-state index is 0.0321. The Kier molecular flexibility index (Phi) is 4.69. The molecule has 0 bridgehead atoms. The molecule has 1 aliphatic rings. The molecule has 10 nitrogen and oxygen atoms in total. The molecule has 1 fully saturated rings. The average molecular weight is 385 g/mol. The number of aromatic nitrogens is 4. The number of benzene rings is 1. The predicted molar refractivity (Wildman–Crippen MR) is 101 cm³/mol. The van der Waals surface area contributed by atoms with E-state index >= 15 is 0 Å². The summed E-state index contributed by atoms with van der Waals surface area (Å²) in [5.74, 6) is -0.0711. The number of hydrogen-bond acceptors (Lipinski definition) is 8. The van der Waals surface area contributed by atoms with Crippen LogP contribution >= 0.6 is 0 Å². The normalized spacial score (nSPS) is 25.1. The van der Waals surface area contributed by atoms with Crippen molar-refractivity contribution in [1.82, 2.24) is 19.1 Å². The van der Waals surface area contributed by atoms with Crippen molar-refractivity contribution in [2.75, 3.05) is 12.3 Å². The van der Waals surface area contributed by atoms with Crippen molar-refractivity contribution in [2.45, 2.75) is 24.5 Å². The van der Waals surface area contributed by atoms with E-state index in [9.17, 15) is 20.1 Å². The average Bonchev–Trinajstić information content (AvgIpc) is 3.24. The summed E-state index contributed by atoms with van der Waals surface area (Å²) in [5, 5.41) is 29.4. The van der Waals surface area contributed by atoms with E-state index in [1.807, 2.05) is 30.3 Å². The van der Waals surface area contributed by atoms with Crippen LogP contribution in [0, 0.1) is 0 Å². The molecule has 10 heteroatoms. The maximum absolute atomic E-state index is 12.8. The molecule has 3 heterocycles. The van der Waals surface area contributed by atoms with Crippen molar-refractivity contribution in [3.05, 3.63) is 52.6 Å². The highest BCUT2D eigenvalue weighted by Crippen LogP contribution is 2.30. The molecule has 1 aliphatic heterocycles. The summed E-state index contributed by atoms with van der Waals surface area (Å²) < 4.78 is 7.96. The van der Waals surface area contributed by atoms with Crippen LogP contribution < -0.4 is 11.3 Å². The van der Waals surface area contributed by atoms with Gasteiger partial charge in [-0.1, -0.05) is 30.3 Å². The number of nitrogen functional groups attached to an aromatic ring is 1. The highest BCUT2D eigenvalue weighted by molar-refractivity contribution is 5.73. The topological polar surface area (TPSA) is 149 Å². The fraction of sp³-hybridized carbons (Fsp3) is 0.278. The summed E-state index contributed by atoms with van der Waals surface area (Å²) >= 11 is 0. The summed E-state index contributed by atoms with van der Waals surface area (Å²) in [6, 6.07) is 9.38. The second kappa shape index (κ2) is 7.17. The van der Waals surface area contributed by atoms with E-state index in [0.717, 1.165) is 5.56 Å². The van der Waals surface area contributed by atoms with Crippen molar-refractivity contribution < 1.29 is 20.1 Å². The lowest BCUT2D eigenvalue weighted by molar-refractivity contribution is -0.0511. The highest BCUT2D eigenvalue weighted by Gasteiger charge is 2.44. The van der Waals surface area contributed by atoms with Gasteiger partial charge in [0.1, 0.15) is 18.3 Å². The largest absolute Gasteiger partial charge is 0.394 e. The summed E-state index contributed by atoms with van der Waals surface area (Å²) in [4.78, 5) is 21.1. The zero-order valence-electron chi connectivity index (χ0n) is 14.7. The lowest BCUT2D eigenvalue weighted by Gasteiger charge is -2.16. The second-order valence-corrected chi connectivity index (χ2v) is 6.42. The molecule has 4 atom stereocenters. The van der Waals surface area contributed by atoms with Gasteiger partial charge in [-0.25, -0.2) is 4.98 Å². The Labute approximate surface area is 158 Å². The molecule has 0 aliphatic carbocycles. The molecule has 0 amide bonds. The Hall–Kier alpha value is -3.05. The van der Waals surface area contributed by atoms with E-state index in [1.165, 1.54) is 21.7 Å². The zero-order valence-corrected chi connectivity index (χ0v) is 14.7. The molecule has 4 rings (SSSR count). The Morgan fingerprint density at radius 3 is 2.64 bits per heavy atom. The fourth-order valence-corrected chi connectivity index (χ4v) is 3.16. The molecule has 0 spiro atoms. The SMILES string of the molecule is Nc1nc2c(ncn2[C@@H]2O[C@H](CO)[C@@H](O)[C@H]2O)c(=O)n1/C=C/c1ccccc1. The lowest BCUT2D eigenvalue weighted by Crippen LogP contribution is -2.33. The van der Waals surface area contributed by atoms with Gasteiger partial charge in [0.25, 0.3) is 5.56 Å². The van der Waals surface area contributed by atoms with E-state index < -0.39 is 36.7 Å². The standard InChI is InChI=1S/C18H19N5O5/c19-18-21-15-12(16(27)22(18)7-6-10-4-2-1-3-5-10)20-9-23(15)17-14(26)13(25)11(8-24)28-17/h1-7,9,11,13-14,17,24-26H,8H2,(H2,19,21)/b7-6+/t11-,13-,14-,17-/m1/s1. The minimum atomic E-state index is -1.32. The number of imidazole rings is 1. The number of nitrogens with zero attached hydrogens (tertiary/aromatic N) is 4. The summed E-state index contributed by atoms with van der Waals surface area (Å²) in [6.45, 7) is -0.464. The van der Waals surface area contributed by atoms with Crippen LogP contribution in [0.25, 0.3) is 23.4 Å². The Morgan fingerprint density at radius 2 is 1.96 bits per heavy atom. The first-order valence-electron chi connectivity index (χ1n) is 8.61. The van der Waals surface area contributed by atoms with Crippen LogP contribution in [0.1, 0.15) is 11.8 Å². The maximum atomic E-state index is 12.8. The molecule has 0 saturated carbocycles. The summed E-state index contributed by atoms with van der Waals surface area (Å²) in [6.07, 6.45) is -0.108. The van der Waals surface area contributed by atoms with Gasteiger partial charge in [-0.05, 0) is 11.6 Å². The van der Waals surface area contributed by atoms with E-state index in [0.29, 0.717) is 0 Å². The molecule has 2 aromatic heterocycles. The Balaban J connectivity index is 1.74. The van der Waals surface area contributed by atoms with Gasteiger partial charge < -0.3 is 25.8 Å². The van der Waals surface area contributed by atoms with Crippen LogP contribution in [-0.4, -0.2) is 59.3 Å². The molecule has 0 radical (unpaired) electrons. The number of ether oxygens (including phenoxy) is 1. The molecule has 1 aromatic carbocycles. The van der Waals surface area contributed by atoms with Crippen LogP contribution in [0.15, 0.2) is 41.5 Å². The number of hydrogen-bond donors (Lipinski definition) is 4. The van der Waals surface area contributed by atoms with Gasteiger partial charge in [0.2, 0.25) is 5.95 Å². The first-order valence-corrected chi connectivity index (χ1v) is 8.61. The summed E-state index contributed by atoms with van der Waals surface area (Å²) in [7, 11) is 0. The number of aliphatic hydroxyl groups excluding tert-OH is 3. The van der Waals surface area contributed by atoms with Crippen molar-refractivity contribution in [3.63, 3.8) is 0 Å². The third kappa shape index (κ3) is 2.98. The number of anilines is 1. The third-order valence-electron chi connectivity index (χ3n) is 4.66. The quantitative estimate of drug-likeness (QED) is 0.466.